The summed E-state index contributed by atoms with van der Waals surface area (Å²) in [4.78, 5) is 33.1. The van der Waals surface area contributed by atoms with Gasteiger partial charge in [-0.05, 0) is 80.2 Å². The average molecular weight is 537 g/mol. The molecule has 1 saturated heterocycles. The first kappa shape index (κ1) is 25.0. The average Bonchev–Trinajstić information content (AvgIpc) is 3.58. The van der Waals surface area contributed by atoms with Crippen LogP contribution in [0, 0.1) is 6.92 Å². The lowest BCUT2D eigenvalue weighted by atomic mass is 10.0. The molecule has 0 saturated carbocycles. The fourth-order valence-corrected chi connectivity index (χ4v) is 6.07. The number of amides is 1. The van der Waals surface area contributed by atoms with E-state index in [4.69, 9.17) is 0 Å². The number of likely N-dealkylation sites (tertiary alicyclic amines) is 1. The van der Waals surface area contributed by atoms with Crippen molar-refractivity contribution in [2.45, 2.75) is 25.8 Å². The van der Waals surface area contributed by atoms with Gasteiger partial charge in [0, 0.05) is 28.2 Å². The Bertz CT molecular complexity index is 1690. The number of rotatable bonds is 6. The summed E-state index contributed by atoms with van der Waals surface area (Å²) in [7, 11) is 2.13. The van der Waals surface area contributed by atoms with E-state index in [1.807, 2.05) is 67.7 Å². The summed E-state index contributed by atoms with van der Waals surface area (Å²) in [6, 6.07) is 21.5. The number of pyridine rings is 1. The molecule has 0 spiro atoms. The van der Waals surface area contributed by atoms with Gasteiger partial charge in [0.1, 0.15) is 11.5 Å². The Morgan fingerprint density at radius 2 is 1.95 bits per heavy atom. The number of aromatic amines is 1. The summed E-state index contributed by atoms with van der Waals surface area (Å²) < 4.78 is 1.07. The summed E-state index contributed by atoms with van der Waals surface area (Å²) in [5.74, 6) is 0.426. The maximum atomic E-state index is 13.0. The summed E-state index contributed by atoms with van der Waals surface area (Å²) in [5, 5.41) is 14.1. The van der Waals surface area contributed by atoms with Crippen LogP contribution in [0.5, 0.6) is 0 Å². The Kier molecular flexibility index (Phi) is 6.68. The monoisotopic (exact) mass is 536 g/mol. The van der Waals surface area contributed by atoms with E-state index in [2.05, 4.69) is 43.8 Å². The standard InChI is InChI=1S/C30H28N6O2S/c1-18-21(8-5-9-22(18)33-30(38)27-15-19-7-3-4-11-26(19)39-27)23-16-24(29(37)35-34-23)32-28-13-12-20(17-31-28)25-10-6-14-36(25)2/h3-5,7-9,11-13,15-17,25H,6,10,14H2,1-2H3,(H,33,38)(H,35,37)(H,31,32,34). The zero-order valence-corrected chi connectivity index (χ0v) is 22.5. The zero-order chi connectivity index (χ0) is 26.9. The summed E-state index contributed by atoms with van der Waals surface area (Å²) in [5.41, 5.74) is 4.10. The van der Waals surface area contributed by atoms with Crippen LogP contribution in [0.25, 0.3) is 21.3 Å². The molecule has 8 nitrogen and oxygen atoms in total. The number of nitrogens with one attached hydrogen (secondary N) is 3. The van der Waals surface area contributed by atoms with Crippen LogP contribution in [0.1, 0.15) is 39.7 Å². The van der Waals surface area contributed by atoms with Crippen molar-refractivity contribution in [3.8, 4) is 11.3 Å². The molecule has 0 radical (unpaired) electrons. The van der Waals surface area contributed by atoms with E-state index in [0.29, 0.717) is 33.8 Å². The van der Waals surface area contributed by atoms with Gasteiger partial charge in [0.25, 0.3) is 11.5 Å². The van der Waals surface area contributed by atoms with Crippen LogP contribution in [-0.4, -0.2) is 39.6 Å². The van der Waals surface area contributed by atoms with Gasteiger partial charge in [-0.15, -0.1) is 11.3 Å². The van der Waals surface area contributed by atoms with Crippen molar-refractivity contribution in [2.75, 3.05) is 24.2 Å². The lowest BCUT2D eigenvalue weighted by Gasteiger charge is -2.19. The van der Waals surface area contributed by atoms with E-state index in [-0.39, 0.29) is 11.5 Å². The topological polar surface area (TPSA) is 103 Å². The first-order valence-corrected chi connectivity index (χ1v) is 13.7. The molecule has 39 heavy (non-hydrogen) atoms. The molecule has 9 heteroatoms. The number of benzene rings is 2. The number of nitrogens with zero attached hydrogens (tertiary/aromatic N) is 3. The van der Waals surface area contributed by atoms with Crippen molar-refractivity contribution >= 4 is 44.5 Å². The van der Waals surface area contributed by atoms with E-state index in [9.17, 15) is 9.59 Å². The van der Waals surface area contributed by atoms with Gasteiger partial charge in [-0.3, -0.25) is 14.5 Å². The van der Waals surface area contributed by atoms with Crippen molar-refractivity contribution in [1.29, 1.82) is 0 Å². The predicted octanol–water partition coefficient (Wildman–Crippen LogP) is 6.12. The van der Waals surface area contributed by atoms with E-state index in [1.165, 1.54) is 23.3 Å². The third kappa shape index (κ3) is 5.06. The van der Waals surface area contributed by atoms with Crippen LogP contribution in [0.2, 0.25) is 0 Å². The molecule has 5 aromatic rings. The molecule has 2 aromatic carbocycles. The third-order valence-electron chi connectivity index (χ3n) is 7.27. The molecule has 4 heterocycles. The molecule has 1 aliphatic heterocycles. The predicted molar refractivity (Wildman–Crippen MR) is 157 cm³/mol. The van der Waals surface area contributed by atoms with E-state index >= 15 is 0 Å². The van der Waals surface area contributed by atoms with E-state index in [1.54, 1.807) is 6.07 Å². The molecule has 0 bridgehead atoms. The summed E-state index contributed by atoms with van der Waals surface area (Å²) in [6.07, 6.45) is 4.19. The molecule has 3 aromatic heterocycles. The van der Waals surface area contributed by atoms with Crippen molar-refractivity contribution in [3.63, 3.8) is 0 Å². The van der Waals surface area contributed by atoms with Crippen LogP contribution in [0.4, 0.5) is 17.2 Å². The number of hydrogen-bond donors (Lipinski definition) is 3. The van der Waals surface area contributed by atoms with Gasteiger partial charge in [0.05, 0.1) is 10.6 Å². The molecule has 1 fully saturated rings. The minimum Gasteiger partial charge on any atom is -0.336 e. The number of aromatic nitrogens is 3. The normalized spacial score (nSPS) is 15.5. The lowest BCUT2D eigenvalue weighted by molar-refractivity contribution is 0.103. The van der Waals surface area contributed by atoms with Gasteiger partial charge < -0.3 is 10.6 Å². The van der Waals surface area contributed by atoms with Crippen molar-refractivity contribution in [2.24, 2.45) is 0 Å². The maximum absolute atomic E-state index is 13.0. The van der Waals surface area contributed by atoms with Crippen molar-refractivity contribution in [1.82, 2.24) is 20.1 Å². The second-order valence-electron chi connectivity index (χ2n) is 9.82. The van der Waals surface area contributed by atoms with Crippen LogP contribution in [-0.2, 0) is 0 Å². The number of carbonyl (C=O) groups is 1. The molecule has 1 atom stereocenters. The highest BCUT2D eigenvalue weighted by atomic mass is 32.1. The molecule has 1 aliphatic rings. The molecule has 0 aliphatic carbocycles. The molecule has 196 valence electrons. The minimum absolute atomic E-state index is 0.161. The number of hydrogen-bond acceptors (Lipinski definition) is 7. The number of carbonyl (C=O) groups excluding carboxylic acids is 1. The Morgan fingerprint density at radius 3 is 2.72 bits per heavy atom. The Labute approximate surface area is 229 Å². The van der Waals surface area contributed by atoms with E-state index < -0.39 is 0 Å². The smallest absolute Gasteiger partial charge is 0.287 e. The van der Waals surface area contributed by atoms with Crippen molar-refractivity contribution in [3.05, 3.63) is 99.3 Å². The van der Waals surface area contributed by atoms with Gasteiger partial charge >= 0.3 is 0 Å². The van der Waals surface area contributed by atoms with E-state index in [0.717, 1.165) is 34.2 Å². The SMILES string of the molecule is Cc1c(NC(=O)c2cc3ccccc3s2)cccc1-c1cc(Nc2ccc(C3CCCN3C)cn2)c(=O)[nH]n1. The number of fused-ring (bicyclic) bond motifs is 1. The van der Waals surface area contributed by atoms with Crippen molar-refractivity contribution < 1.29 is 4.79 Å². The quantitative estimate of drug-likeness (QED) is 0.242. The molecule has 3 N–H and O–H groups in total. The summed E-state index contributed by atoms with van der Waals surface area (Å²) in [6.45, 7) is 3.02. The first-order chi connectivity index (χ1) is 19.0. The fourth-order valence-electron chi connectivity index (χ4n) is 5.11. The number of H-pyrrole nitrogens is 1. The largest absolute Gasteiger partial charge is 0.336 e. The third-order valence-corrected chi connectivity index (χ3v) is 8.38. The van der Waals surface area contributed by atoms with Crippen LogP contribution >= 0.6 is 11.3 Å². The fraction of sp³-hybridized carbons (Fsp3) is 0.200. The van der Waals surface area contributed by atoms with Gasteiger partial charge in [0.2, 0.25) is 0 Å². The molecule has 1 amide bonds. The first-order valence-electron chi connectivity index (χ1n) is 12.9. The van der Waals surface area contributed by atoms with Crippen LogP contribution in [0.15, 0.2) is 77.7 Å². The molecular formula is C30H28N6O2S. The highest BCUT2D eigenvalue weighted by Crippen LogP contribution is 2.32. The zero-order valence-electron chi connectivity index (χ0n) is 21.7. The molecular weight excluding hydrogens is 508 g/mol. The maximum Gasteiger partial charge on any atom is 0.287 e. The van der Waals surface area contributed by atoms with Gasteiger partial charge in [0.15, 0.2) is 0 Å². The highest BCUT2D eigenvalue weighted by molar-refractivity contribution is 7.20. The second-order valence-corrected chi connectivity index (χ2v) is 10.9. The Hall–Kier alpha value is -4.34. The number of thiophene rings is 1. The molecule has 6 rings (SSSR count). The number of anilines is 3. The second kappa shape index (κ2) is 10.4. The minimum atomic E-state index is -0.341. The van der Waals surface area contributed by atoms with Gasteiger partial charge in [-0.2, -0.15) is 5.10 Å². The van der Waals surface area contributed by atoms with Crippen LogP contribution < -0.4 is 16.2 Å². The lowest BCUT2D eigenvalue weighted by Crippen LogP contribution is -2.18. The highest BCUT2D eigenvalue weighted by Gasteiger charge is 2.22. The van der Waals surface area contributed by atoms with Gasteiger partial charge in [-0.1, -0.05) is 36.4 Å². The Morgan fingerprint density at radius 1 is 1.08 bits per heavy atom. The Balaban J connectivity index is 1.23. The van der Waals surface area contributed by atoms with Gasteiger partial charge in [-0.25, -0.2) is 10.1 Å². The molecule has 1 unspecified atom stereocenters. The van der Waals surface area contributed by atoms with Crippen LogP contribution in [0.3, 0.4) is 0 Å². The summed E-state index contributed by atoms with van der Waals surface area (Å²) >= 11 is 1.46.